The first kappa shape index (κ1) is 14.3. The van der Waals surface area contributed by atoms with Gasteiger partial charge >= 0.3 is 0 Å². The number of hydrogen-bond donors (Lipinski definition) is 0. The highest BCUT2D eigenvalue weighted by atomic mass is 35.5. The second kappa shape index (κ2) is 6.86. The van der Waals surface area contributed by atoms with Crippen molar-refractivity contribution in [1.29, 1.82) is 0 Å². The molecule has 0 fully saturated rings. The molecule has 0 saturated heterocycles. The van der Waals surface area contributed by atoms with E-state index in [2.05, 4.69) is 9.97 Å². The maximum absolute atomic E-state index is 12.0. The van der Waals surface area contributed by atoms with E-state index >= 15 is 0 Å². The summed E-state index contributed by atoms with van der Waals surface area (Å²) in [4.78, 5) is 21.4. The quantitative estimate of drug-likeness (QED) is 0.848. The summed E-state index contributed by atoms with van der Waals surface area (Å²) < 4.78 is 5.53. The van der Waals surface area contributed by atoms with Gasteiger partial charge < -0.3 is 9.64 Å². The maximum atomic E-state index is 12.0. The summed E-state index contributed by atoms with van der Waals surface area (Å²) in [5, 5.41) is 0.617. The zero-order chi connectivity index (χ0) is 14.4. The standard InChI is InChI=1S/C14H14ClN3O2/c1-18(14(19)13-10-16-5-6-17-13)7-8-20-12-4-2-3-11(15)9-12/h2-6,9-10H,7-8H2,1H3. The summed E-state index contributed by atoms with van der Waals surface area (Å²) in [6.45, 7) is 0.824. The summed E-state index contributed by atoms with van der Waals surface area (Å²) >= 11 is 5.86. The maximum Gasteiger partial charge on any atom is 0.273 e. The van der Waals surface area contributed by atoms with Gasteiger partial charge in [0.1, 0.15) is 18.1 Å². The molecular weight excluding hydrogens is 278 g/mol. The molecule has 1 amide bonds. The van der Waals surface area contributed by atoms with Gasteiger partial charge in [0.15, 0.2) is 0 Å². The van der Waals surface area contributed by atoms with E-state index in [1.807, 2.05) is 12.1 Å². The van der Waals surface area contributed by atoms with Crippen LogP contribution in [-0.4, -0.2) is 41.0 Å². The van der Waals surface area contributed by atoms with E-state index in [0.29, 0.717) is 29.6 Å². The van der Waals surface area contributed by atoms with Gasteiger partial charge in [0.2, 0.25) is 0 Å². The van der Waals surface area contributed by atoms with Crippen molar-refractivity contribution in [3.8, 4) is 5.75 Å². The summed E-state index contributed by atoms with van der Waals surface area (Å²) in [5.41, 5.74) is 0.317. The van der Waals surface area contributed by atoms with Crippen LogP contribution in [-0.2, 0) is 0 Å². The van der Waals surface area contributed by atoms with Gasteiger partial charge in [-0.25, -0.2) is 4.98 Å². The van der Waals surface area contributed by atoms with E-state index in [1.165, 1.54) is 23.5 Å². The molecule has 1 aromatic heterocycles. The highest BCUT2D eigenvalue weighted by Crippen LogP contribution is 2.16. The van der Waals surface area contributed by atoms with Crippen molar-refractivity contribution >= 4 is 17.5 Å². The third-order valence-electron chi connectivity index (χ3n) is 2.62. The SMILES string of the molecule is CN(CCOc1cccc(Cl)c1)C(=O)c1cnccn1. The van der Waals surface area contributed by atoms with Crippen molar-refractivity contribution in [3.05, 3.63) is 53.6 Å². The van der Waals surface area contributed by atoms with Crippen LogP contribution < -0.4 is 4.74 Å². The molecule has 6 heteroatoms. The van der Waals surface area contributed by atoms with Crippen molar-refractivity contribution in [2.75, 3.05) is 20.2 Å². The molecule has 0 spiro atoms. The van der Waals surface area contributed by atoms with Gasteiger partial charge in [-0.05, 0) is 18.2 Å². The van der Waals surface area contributed by atoms with Crippen LogP contribution >= 0.6 is 11.6 Å². The molecule has 1 aromatic carbocycles. The van der Waals surface area contributed by atoms with Crippen molar-refractivity contribution in [2.45, 2.75) is 0 Å². The van der Waals surface area contributed by atoms with Crippen LogP contribution in [0.2, 0.25) is 5.02 Å². The summed E-state index contributed by atoms with van der Waals surface area (Å²) in [7, 11) is 1.69. The molecule has 0 bridgehead atoms. The number of carbonyl (C=O) groups excluding carboxylic acids is 1. The Balaban J connectivity index is 1.83. The van der Waals surface area contributed by atoms with E-state index in [9.17, 15) is 4.79 Å². The van der Waals surface area contributed by atoms with E-state index in [0.717, 1.165) is 0 Å². The van der Waals surface area contributed by atoms with E-state index in [4.69, 9.17) is 16.3 Å². The predicted octanol–water partition coefficient (Wildman–Crippen LogP) is 2.28. The molecule has 0 aliphatic carbocycles. The number of halogens is 1. The van der Waals surface area contributed by atoms with Crippen LogP contribution in [0.4, 0.5) is 0 Å². The zero-order valence-electron chi connectivity index (χ0n) is 11.0. The molecular formula is C14H14ClN3O2. The second-order valence-electron chi connectivity index (χ2n) is 4.12. The molecule has 0 unspecified atom stereocenters. The van der Waals surface area contributed by atoms with Gasteiger partial charge in [0.25, 0.3) is 5.91 Å². The fourth-order valence-corrected chi connectivity index (χ4v) is 1.74. The Hall–Kier alpha value is -2.14. The van der Waals surface area contributed by atoms with E-state index < -0.39 is 0 Å². The molecule has 0 saturated carbocycles. The number of likely N-dealkylation sites (N-methyl/N-ethyl adjacent to an activating group) is 1. The first-order valence-corrected chi connectivity index (χ1v) is 6.44. The monoisotopic (exact) mass is 291 g/mol. The first-order valence-electron chi connectivity index (χ1n) is 6.06. The molecule has 0 radical (unpaired) electrons. The molecule has 0 aliphatic heterocycles. The van der Waals surface area contributed by atoms with Crippen molar-refractivity contribution in [3.63, 3.8) is 0 Å². The smallest absolute Gasteiger partial charge is 0.273 e. The molecule has 104 valence electrons. The largest absolute Gasteiger partial charge is 0.492 e. The molecule has 5 nitrogen and oxygen atoms in total. The second-order valence-corrected chi connectivity index (χ2v) is 4.56. The Labute approximate surface area is 122 Å². The van der Waals surface area contributed by atoms with Gasteiger partial charge in [-0.2, -0.15) is 0 Å². The number of carbonyl (C=O) groups is 1. The van der Waals surface area contributed by atoms with Gasteiger partial charge in [-0.1, -0.05) is 17.7 Å². The van der Waals surface area contributed by atoms with Gasteiger partial charge in [0, 0.05) is 24.5 Å². The van der Waals surface area contributed by atoms with Crippen LogP contribution in [0.15, 0.2) is 42.9 Å². The van der Waals surface area contributed by atoms with Crippen LogP contribution in [0.25, 0.3) is 0 Å². The van der Waals surface area contributed by atoms with E-state index in [1.54, 1.807) is 19.2 Å². The Morgan fingerprint density at radius 1 is 1.40 bits per heavy atom. The lowest BCUT2D eigenvalue weighted by atomic mass is 10.3. The van der Waals surface area contributed by atoms with Crippen molar-refractivity contribution in [1.82, 2.24) is 14.9 Å². The Kier molecular flexibility index (Phi) is 4.90. The van der Waals surface area contributed by atoms with Gasteiger partial charge in [-0.3, -0.25) is 9.78 Å². The summed E-state index contributed by atoms with van der Waals surface area (Å²) in [5.74, 6) is 0.491. The Bertz CT molecular complexity index is 578. The van der Waals surface area contributed by atoms with Crippen LogP contribution in [0.5, 0.6) is 5.75 Å². The number of rotatable bonds is 5. The number of nitrogens with zero attached hydrogens (tertiary/aromatic N) is 3. The van der Waals surface area contributed by atoms with Crippen LogP contribution in [0.3, 0.4) is 0 Å². The molecule has 2 aromatic rings. The zero-order valence-corrected chi connectivity index (χ0v) is 11.7. The molecule has 0 aliphatic rings. The lowest BCUT2D eigenvalue weighted by Crippen LogP contribution is -2.31. The third-order valence-corrected chi connectivity index (χ3v) is 2.86. The van der Waals surface area contributed by atoms with Crippen molar-refractivity contribution in [2.24, 2.45) is 0 Å². The first-order chi connectivity index (χ1) is 9.66. The number of benzene rings is 1. The average Bonchev–Trinajstić information content (AvgIpc) is 2.47. The van der Waals surface area contributed by atoms with E-state index in [-0.39, 0.29) is 5.91 Å². The normalized spacial score (nSPS) is 10.1. The highest BCUT2D eigenvalue weighted by Gasteiger charge is 2.12. The lowest BCUT2D eigenvalue weighted by molar-refractivity contribution is 0.0767. The number of aromatic nitrogens is 2. The molecule has 0 N–H and O–H groups in total. The third kappa shape index (κ3) is 3.93. The Morgan fingerprint density at radius 3 is 2.95 bits per heavy atom. The van der Waals surface area contributed by atoms with Gasteiger partial charge in [0.05, 0.1) is 12.7 Å². The molecule has 2 rings (SSSR count). The minimum Gasteiger partial charge on any atom is -0.492 e. The lowest BCUT2D eigenvalue weighted by Gasteiger charge is -2.16. The summed E-state index contributed by atoms with van der Waals surface area (Å²) in [6.07, 6.45) is 4.46. The molecule has 1 heterocycles. The predicted molar refractivity (Wildman–Crippen MR) is 75.9 cm³/mol. The number of amides is 1. The minimum absolute atomic E-state index is 0.187. The summed E-state index contributed by atoms with van der Waals surface area (Å²) in [6, 6.07) is 7.13. The Morgan fingerprint density at radius 2 is 2.25 bits per heavy atom. The van der Waals surface area contributed by atoms with Crippen LogP contribution in [0, 0.1) is 0 Å². The molecule has 20 heavy (non-hydrogen) atoms. The fraction of sp³-hybridized carbons (Fsp3) is 0.214. The highest BCUT2D eigenvalue weighted by molar-refractivity contribution is 6.30. The van der Waals surface area contributed by atoms with Gasteiger partial charge in [-0.15, -0.1) is 0 Å². The minimum atomic E-state index is -0.187. The number of ether oxygens (including phenoxy) is 1. The van der Waals surface area contributed by atoms with Crippen LogP contribution in [0.1, 0.15) is 10.5 Å². The van der Waals surface area contributed by atoms with Crippen molar-refractivity contribution < 1.29 is 9.53 Å². The molecule has 0 atom stereocenters. The average molecular weight is 292 g/mol. The fourth-order valence-electron chi connectivity index (χ4n) is 1.56. The topological polar surface area (TPSA) is 55.3 Å². The number of hydrogen-bond acceptors (Lipinski definition) is 4.